The second kappa shape index (κ2) is 11.3. The molecule has 2 heterocycles. The van der Waals surface area contributed by atoms with Gasteiger partial charge in [0.15, 0.2) is 0 Å². The van der Waals surface area contributed by atoms with Gasteiger partial charge in [0, 0.05) is 36.2 Å². The lowest BCUT2D eigenvalue weighted by Crippen LogP contribution is -2.36. The van der Waals surface area contributed by atoms with Crippen molar-refractivity contribution in [2.45, 2.75) is 42.7 Å². The van der Waals surface area contributed by atoms with Crippen LogP contribution >= 0.6 is 11.6 Å². The number of nitrogens with zero attached hydrogens (tertiary/aromatic N) is 4. The molecule has 0 bridgehead atoms. The zero-order valence-corrected chi connectivity index (χ0v) is 21.6. The Morgan fingerprint density at radius 1 is 0.972 bits per heavy atom. The summed E-state index contributed by atoms with van der Waals surface area (Å²) in [4.78, 5) is 14.9. The first-order chi connectivity index (χ1) is 17.2. The maximum atomic E-state index is 13.6. The Morgan fingerprint density at radius 2 is 1.64 bits per heavy atom. The molecule has 1 saturated carbocycles. The van der Waals surface area contributed by atoms with E-state index in [0.717, 1.165) is 42.9 Å². The van der Waals surface area contributed by atoms with Crippen LogP contribution < -0.4 is 10.0 Å². The molecule has 2 aromatic heterocycles. The van der Waals surface area contributed by atoms with E-state index >= 15 is 0 Å². The van der Waals surface area contributed by atoms with Crippen molar-refractivity contribution in [3.63, 3.8) is 0 Å². The second-order valence-corrected chi connectivity index (χ2v) is 10.9. The number of halogens is 2. The van der Waals surface area contributed by atoms with Gasteiger partial charge in [-0.1, -0.05) is 29.8 Å². The van der Waals surface area contributed by atoms with Gasteiger partial charge in [0.1, 0.15) is 16.5 Å². The van der Waals surface area contributed by atoms with E-state index < -0.39 is 20.9 Å². The number of nitrogens with one attached hydrogen (secondary N) is 2. The highest BCUT2D eigenvalue weighted by atomic mass is 35.5. The van der Waals surface area contributed by atoms with Gasteiger partial charge < -0.3 is 10.2 Å². The van der Waals surface area contributed by atoms with Gasteiger partial charge >= 0.3 is 0 Å². The fourth-order valence-electron chi connectivity index (χ4n) is 4.06. The maximum absolute atomic E-state index is 13.6. The van der Waals surface area contributed by atoms with Crippen LogP contribution in [0, 0.1) is 5.82 Å². The smallest absolute Gasteiger partial charge is 0.264 e. The Kier molecular flexibility index (Phi) is 8.17. The molecule has 0 amide bonds. The summed E-state index contributed by atoms with van der Waals surface area (Å²) in [5.74, 6) is -0.101. The lowest BCUT2D eigenvalue weighted by atomic mass is 9.91. The number of anilines is 2. The van der Waals surface area contributed by atoms with Crippen molar-refractivity contribution >= 4 is 45.5 Å². The Hall–Kier alpha value is -3.08. The number of hydrogen-bond donors (Lipinski definition) is 2. The van der Waals surface area contributed by atoms with Crippen molar-refractivity contribution in [1.29, 1.82) is 0 Å². The summed E-state index contributed by atoms with van der Waals surface area (Å²) in [6.07, 6.45) is 13.2. The highest BCUT2D eigenvalue weighted by Crippen LogP contribution is 2.26. The first kappa shape index (κ1) is 26.0. The van der Waals surface area contributed by atoms with Crippen molar-refractivity contribution in [1.82, 2.24) is 19.9 Å². The van der Waals surface area contributed by atoms with Crippen LogP contribution in [0.1, 0.15) is 36.8 Å². The molecule has 1 fully saturated rings. The third-order valence-corrected chi connectivity index (χ3v) is 8.02. The minimum Gasteiger partial charge on any atom is -0.351 e. The number of hydrogen-bond acceptors (Lipinski definition) is 7. The van der Waals surface area contributed by atoms with E-state index in [9.17, 15) is 12.8 Å². The second-order valence-electron chi connectivity index (χ2n) is 8.92. The molecular weight excluding hydrogens is 503 g/mol. The predicted octanol–water partition coefficient (Wildman–Crippen LogP) is 4.92. The summed E-state index contributed by atoms with van der Waals surface area (Å²) >= 11 is 5.80. The minimum atomic E-state index is -4.08. The Labute approximate surface area is 215 Å². The molecule has 8 nitrogen and oxygen atoms in total. The minimum absolute atomic E-state index is 0.0888. The third kappa shape index (κ3) is 6.57. The highest BCUT2D eigenvalue weighted by Gasteiger charge is 2.23. The van der Waals surface area contributed by atoms with Crippen LogP contribution in [0.25, 0.3) is 12.2 Å². The number of pyridine rings is 1. The van der Waals surface area contributed by atoms with Crippen molar-refractivity contribution in [2.75, 3.05) is 24.1 Å². The van der Waals surface area contributed by atoms with Crippen molar-refractivity contribution < 1.29 is 12.8 Å². The molecular formula is C25H28ClFN6O2S. The third-order valence-electron chi connectivity index (χ3n) is 6.13. The predicted molar refractivity (Wildman–Crippen MR) is 141 cm³/mol. The monoisotopic (exact) mass is 530 g/mol. The first-order valence-electron chi connectivity index (χ1n) is 11.6. The quantitative estimate of drug-likeness (QED) is 0.426. The van der Waals surface area contributed by atoms with Crippen LogP contribution in [0.15, 0.2) is 53.8 Å². The summed E-state index contributed by atoms with van der Waals surface area (Å²) < 4.78 is 41.0. The SMILES string of the molecule is CN(C)C1CCC(Nc2ncc(/C=C/c3ccc(NS(=O)(=O)c4cccc(F)c4Cl)nc3)cn2)CC1. The molecule has 0 saturated heterocycles. The Bertz CT molecular complexity index is 1310. The van der Waals surface area contributed by atoms with Gasteiger partial charge in [-0.25, -0.2) is 27.8 Å². The van der Waals surface area contributed by atoms with Gasteiger partial charge in [0.2, 0.25) is 5.95 Å². The molecule has 36 heavy (non-hydrogen) atoms. The van der Waals surface area contributed by atoms with Gasteiger partial charge in [-0.3, -0.25) is 4.72 Å². The molecule has 1 aliphatic rings. The van der Waals surface area contributed by atoms with E-state index in [4.69, 9.17) is 11.6 Å². The molecule has 1 aromatic carbocycles. The fraction of sp³-hybridized carbons (Fsp3) is 0.320. The van der Waals surface area contributed by atoms with E-state index in [1.54, 1.807) is 18.5 Å². The molecule has 11 heteroatoms. The first-order valence-corrected chi connectivity index (χ1v) is 13.4. The topological polar surface area (TPSA) is 100 Å². The lowest BCUT2D eigenvalue weighted by Gasteiger charge is -2.32. The van der Waals surface area contributed by atoms with Crippen LogP contribution in [-0.2, 0) is 10.0 Å². The average Bonchev–Trinajstić information content (AvgIpc) is 2.86. The number of sulfonamides is 1. The van der Waals surface area contributed by atoms with Crippen LogP contribution in [0.3, 0.4) is 0 Å². The maximum Gasteiger partial charge on any atom is 0.264 e. The summed E-state index contributed by atoms with van der Waals surface area (Å²) in [6.45, 7) is 0. The summed E-state index contributed by atoms with van der Waals surface area (Å²) in [6, 6.07) is 7.85. The largest absolute Gasteiger partial charge is 0.351 e. The fourth-order valence-corrected chi connectivity index (χ4v) is 5.59. The Morgan fingerprint density at radius 3 is 2.28 bits per heavy atom. The molecule has 190 valence electrons. The van der Waals surface area contributed by atoms with Crippen molar-refractivity contribution in [3.05, 3.63) is 70.9 Å². The molecule has 1 aliphatic carbocycles. The molecule has 2 N–H and O–H groups in total. The number of rotatable bonds is 8. The summed E-state index contributed by atoms with van der Waals surface area (Å²) in [7, 11) is 0.177. The zero-order chi connectivity index (χ0) is 25.7. The van der Waals surface area contributed by atoms with Crippen LogP contribution in [0.4, 0.5) is 16.2 Å². The van der Waals surface area contributed by atoms with E-state index in [-0.39, 0.29) is 10.7 Å². The van der Waals surface area contributed by atoms with Gasteiger partial charge in [-0.15, -0.1) is 0 Å². The van der Waals surface area contributed by atoms with E-state index in [1.807, 2.05) is 12.2 Å². The van der Waals surface area contributed by atoms with Gasteiger partial charge in [-0.05, 0) is 69.6 Å². The molecule has 0 aliphatic heterocycles. The van der Waals surface area contributed by atoms with Crippen LogP contribution in [0.2, 0.25) is 5.02 Å². The van der Waals surface area contributed by atoms with Crippen LogP contribution in [-0.4, -0.2) is 54.4 Å². The van der Waals surface area contributed by atoms with E-state index in [0.29, 0.717) is 18.0 Å². The highest BCUT2D eigenvalue weighted by molar-refractivity contribution is 7.92. The van der Waals surface area contributed by atoms with E-state index in [2.05, 4.69) is 44.0 Å². The molecule has 4 rings (SSSR count). The van der Waals surface area contributed by atoms with Gasteiger partial charge in [-0.2, -0.15) is 0 Å². The summed E-state index contributed by atoms with van der Waals surface area (Å²) in [5.41, 5.74) is 1.57. The average molecular weight is 531 g/mol. The Balaban J connectivity index is 1.33. The normalized spacial score (nSPS) is 18.5. The van der Waals surface area contributed by atoms with Crippen molar-refractivity contribution in [2.24, 2.45) is 0 Å². The molecule has 0 radical (unpaired) electrons. The lowest BCUT2D eigenvalue weighted by molar-refractivity contribution is 0.221. The van der Waals surface area contributed by atoms with Crippen molar-refractivity contribution in [3.8, 4) is 0 Å². The van der Waals surface area contributed by atoms with Gasteiger partial charge in [0.25, 0.3) is 10.0 Å². The molecule has 0 spiro atoms. The molecule has 0 atom stereocenters. The number of aromatic nitrogens is 3. The van der Waals surface area contributed by atoms with Gasteiger partial charge in [0.05, 0.1) is 5.02 Å². The van der Waals surface area contributed by atoms with Crippen LogP contribution in [0.5, 0.6) is 0 Å². The molecule has 0 unspecified atom stereocenters. The molecule has 3 aromatic rings. The summed E-state index contributed by atoms with van der Waals surface area (Å²) in [5, 5.41) is 2.96. The van der Waals surface area contributed by atoms with E-state index in [1.165, 1.54) is 24.4 Å². The standard InChI is InChI=1S/C25H28ClFN6O2S/c1-33(2)20-11-9-19(10-12-20)31-25-29-15-18(16-30-25)7-6-17-8-13-23(28-14-17)32-36(34,35)22-5-3-4-21(27)24(22)26/h3-8,13-16,19-20H,9-12H2,1-2H3,(H,28,32)(H,29,30,31)/b7-6+. The zero-order valence-electron chi connectivity index (χ0n) is 20.0. The number of benzene rings is 1.